The first-order valence-electron chi connectivity index (χ1n) is 6.03. The summed E-state index contributed by atoms with van der Waals surface area (Å²) in [7, 11) is -3.27. The molecule has 1 aliphatic carbocycles. The van der Waals surface area contributed by atoms with Gasteiger partial charge in [0.25, 0.3) is 10.1 Å². The van der Waals surface area contributed by atoms with E-state index in [1.165, 1.54) is 12.8 Å². The second kappa shape index (κ2) is 5.05. The minimum Gasteiger partial charge on any atom is -0.270 e. The summed E-state index contributed by atoms with van der Waals surface area (Å²) >= 11 is 0. The molecule has 0 spiro atoms. The maximum absolute atomic E-state index is 10.9. The predicted molar refractivity (Wildman–Crippen MR) is 65.7 cm³/mol. The van der Waals surface area contributed by atoms with Crippen LogP contribution in [0.2, 0.25) is 0 Å². The summed E-state index contributed by atoms with van der Waals surface area (Å²) in [4.78, 5) is 0. The van der Waals surface area contributed by atoms with E-state index in [2.05, 4.69) is 20.8 Å². The lowest BCUT2D eigenvalue weighted by Gasteiger charge is -2.36. The molecule has 0 heterocycles. The third-order valence-electron chi connectivity index (χ3n) is 3.59. The lowest BCUT2D eigenvalue weighted by atomic mass is 9.70. The molecule has 0 aliphatic heterocycles. The van der Waals surface area contributed by atoms with Crippen molar-refractivity contribution in [3.8, 4) is 0 Å². The fraction of sp³-hybridized carbons (Fsp3) is 1.00. The molecule has 1 saturated carbocycles. The van der Waals surface area contributed by atoms with Gasteiger partial charge in [-0.05, 0) is 42.9 Å². The minimum atomic E-state index is -3.27. The van der Waals surface area contributed by atoms with E-state index in [9.17, 15) is 8.42 Å². The van der Waals surface area contributed by atoms with E-state index in [-0.39, 0.29) is 0 Å². The van der Waals surface area contributed by atoms with Gasteiger partial charge < -0.3 is 0 Å². The van der Waals surface area contributed by atoms with Crippen molar-refractivity contribution in [2.24, 2.45) is 17.3 Å². The largest absolute Gasteiger partial charge is 0.270 e. The molecule has 96 valence electrons. The van der Waals surface area contributed by atoms with Gasteiger partial charge in [0.05, 0.1) is 12.9 Å². The molecule has 0 N–H and O–H groups in total. The molecule has 1 aliphatic rings. The third kappa shape index (κ3) is 4.83. The monoisotopic (exact) mass is 248 g/mol. The lowest BCUT2D eigenvalue weighted by Crippen LogP contribution is -2.27. The Morgan fingerprint density at radius 2 is 1.62 bits per heavy atom. The summed E-state index contributed by atoms with van der Waals surface area (Å²) in [6.45, 7) is 7.22. The fourth-order valence-electron chi connectivity index (χ4n) is 2.41. The van der Waals surface area contributed by atoms with Gasteiger partial charge in [-0.15, -0.1) is 0 Å². The molecular formula is C12H24O3S. The van der Waals surface area contributed by atoms with E-state index in [1.54, 1.807) is 0 Å². The van der Waals surface area contributed by atoms with Gasteiger partial charge in [0.2, 0.25) is 0 Å². The zero-order valence-corrected chi connectivity index (χ0v) is 11.6. The third-order valence-corrected chi connectivity index (χ3v) is 4.15. The van der Waals surface area contributed by atoms with Gasteiger partial charge in [-0.25, -0.2) is 0 Å². The van der Waals surface area contributed by atoms with Gasteiger partial charge in [0.15, 0.2) is 0 Å². The maximum atomic E-state index is 10.9. The molecule has 4 heteroatoms. The van der Waals surface area contributed by atoms with Crippen LogP contribution in [0, 0.1) is 17.3 Å². The second-order valence-corrected chi connectivity index (χ2v) is 7.72. The SMILES string of the molecule is CC(C)(C)C1CCC(COS(C)(=O)=O)CC1. The summed E-state index contributed by atoms with van der Waals surface area (Å²) in [6, 6.07) is 0. The van der Waals surface area contributed by atoms with Gasteiger partial charge in [0.1, 0.15) is 0 Å². The Kier molecular flexibility index (Phi) is 4.41. The summed E-state index contributed by atoms with van der Waals surface area (Å²) in [6.07, 6.45) is 5.70. The van der Waals surface area contributed by atoms with Crippen molar-refractivity contribution in [3.63, 3.8) is 0 Å². The van der Waals surface area contributed by atoms with Gasteiger partial charge in [-0.2, -0.15) is 8.42 Å². The molecule has 0 amide bonds. The lowest BCUT2D eigenvalue weighted by molar-refractivity contribution is 0.124. The highest BCUT2D eigenvalue weighted by molar-refractivity contribution is 7.85. The van der Waals surface area contributed by atoms with Crippen LogP contribution in [0.15, 0.2) is 0 Å². The topological polar surface area (TPSA) is 43.4 Å². The average Bonchev–Trinajstić information content (AvgIpc) is 2.13. The van der Waals surface area contributed by atoms with Crippen LogP contribution >= 0.6 is 0 Å². The minimum absolute atomic E-state index is 0.371. The van der Waals surface area contributed by atoms with Crippen LogP contribution in [0.25, 0.3) is 0 Å². The van der Waals surface area contributed by atoms with Gasteiger partial charge in [0, 0.05) is 0 Å². The normalized spacial score (nSPS) is 28.0. The molecule has 3 nitrogen and oxygen atoms in total. The van der Waals surface area contributed by atoms with Crippen molar-refractivity contribution >= 4 is 10.1 Å². The molecule has 0 aromatic rings. The van der Waals surface area contributed by atoms with Gasteiger partial charge in [-0.1, -0.05) is 20.8 Å². The Hall–Kier alpha value is -0.0900. The van der Waals surface area contributed by atoms with Crippen molar-refractivity contribution in [2.45, 2.75) is 46.5 Å². The van der Waals surface area contributed by atoms with Crippen molar-refractivity contribution in [1.82, 2.24) is 0 Å². The highest BCUT2D eigenvalue weighted by atomic mass is 32.2. The van der Waals surface area contributed by atoms with Crippen LogP contribution in [0.4, 0.5) is 0 Å². The van der Waals surface area contributed by atoms with Crippen LogP contribution in [-0.4, -0.2) is 21.3 Å². The molecular weight excluding hydrogens is 224 g/mol. The molecule has 0 saturated heterocycles. The first-order valence-corrected chi connectivity index (χ1v) is 7.84. The Morgan fingerprint density at radius 1 is 1.12 bits per heavy atom. The highest BCUT2D eigenvalue weighted by Crippen LogP contribution is 2.39. The van der Waals surface area contributed by atoms with E-state index in [1.807, 2.05) is 0 Å². The molecule has 0 aromatic carbocycles. The maximum Gasteiger partial charge on any atom is 0.264 e. The first kappa shape index (κ1) is 14.0. The molecule has 0 aromatic heterocycles. The Bertz CT molecular complexity index is 306. The molecule has 0 unspecified atom stereocenters. The van der Waals surface area contributed by atoms with Crippen LogP contribution in [0.1, 0.15) is 46.5 Å². The Labute approximate surface area is 99.7 Å². The van der Waals surface area contributed by atoms with E-state index in [0.29, 0.717) is 17.9 Å². The summed E-state index contributed by atoms with van der Waals surface area (Å²) in [5, 5.41) is 0. The zero-order valence-electron chi connectivity index (χ0n) is 10.8. The second-order valence-electron chi connectivity index (χ2n) is 6.07. The quantitative estimate of drug-likeness (QED) is 0.721. The van der Waals surface area contributed by atoms with Crippen LogP contribution < -0.4 is 0 Å². The van der Waals surface area contributed by atoms with Crippen LogP contribution in [0.3, 0.4) is 0 Å². The highest BCUT2D eigenvalue weighted by Gasteiger charge is 2.29. The van der Waals surface area contributed by atoms with Gasteiger partial charge >= 0.3 is 0 Å². The molecule has 1 rings (SSSR count). The fourth-order valence-corrected chi connectivity index (χ4v) is 2.85. The zero-order chi connectivity index (χ0) is 12.4. The number of hydrogen-bond acceptors (Lipinski definition) is 3. The number of hydrogen-bond donors (Lipinski definition) is 0. The van der Waals surface area contributed by atoms with Gasteiger partial charge in [-0.3, -0.25) is 4.18 Å². The molecule has 0 radical (unpaired) electrons. The van der Waals surface area contributed by atoms with Crippen LogP contribution in [0.5, 0.6) is 0 Å². The Balaban J connectivity index is 2.33. The van der Waals surface area contributed by atoms with Crippen molar-refractivity contribution in [1.29, 1.82) is 0 Å². The molecule has 1 fully saturated rings. The average molecular weight is 248 g/mol. The standard InChI is InChI=1S/C12H24O3S/c1-12(2,3)11-7-5-10(6-8-11)9-15-16(4,13)14/h10-11H,5-9H2,1-4H3. The van der Waals surface area contributed by atoms with E-state index in [4.69, 9.17) is 4.18 Å². The van der Waals surface area contributed by atoms with Crippen molar-refractivity contribution < 1.29 is 12.6 Å². The van der Waals surface area contributed by atoms with E-state index >= 15 is 0 Å². The first-order chi connectivity index (χ1) is 7.18. The van der Waals surface area contributed by atoms with Crippen molar-refractivity contribution in [2.75, 3.05) is 12.9 Å². The summed E-state index contributed by atoms with van der Waals surface area (Å²) in [5.41, 5.74) is 0.378. The van der Waals surface area contributed by atoms with E-state index in [0.717, 1.165) is 25.0 Å². The van der Waals surface area contributed by atoms with Crippen LogP contribution in [-0.2, 0) is 14.3 Å². The van der Waals surface area contributed by atoms with Crippen molar-refractivity contribution in [3.05, 3.63) is 0 Å². The smallest absolute Gasteiger partial charge is 0.264 e. The predicted octanol–water partition coefficient (Wildman–Crippen LogP) is 2.82. The Morgan fingerprint density at radius 3 is 2.00 bits per heavy atom. The molecule has 0 bridgehead atoms. The summed E-state index contributed by atoms with van der Waals surface area (Å²) in [5.74, 6) is 1.19. The molecule has 0 atom stereocenters. The molecule has 16 heavy (non-hydrogen) atoms. The van der Waals surface area contributed by atoms with E-state index < -0.39 is 10.1 Å². The number of rotatable bonds is 3. The summed E-state index contributed by atoms with van der Waals surface area (Å²) < 4.78 is 26.6.